The number of amides is 1. The molecule has 24 heavy (non-hydrogen) atoms. The minimum atomic E-state index is -0.125. The smallest absolute Gasteiger partial charge is 0.329 e. The molecule has 1 aromatic heterocycles. The Morgan fingerprint density at radius 2 is 1.88 bits per heavy atom. The van der Waals surface area contributed by atoms with Crippen LogP contribution in [-0.4, -0.2) is 39.1 Å². The van der Waals surface area contributed by atoms with Gasteiger partial charge in [0.1, 0.15) is 6.54 Å². The first-order valence-corrected chi connectivity index (χ1v) is 8.56. The normalized spacial score (nSPS) is 20.5. The Hall–Kier alpha value is -2.08. The summed E-state index contributed by atoms with van der Waals surface area (Å²) in [6, 6.07) is 7.72. The summed E-state index contributed by atoms with van der Waals surface area (Å²) >= 11 is 0. The van der Waals surface area contributed by atoms with Gasteiger partial charge >= 0.3 is 5.69 Å². The number of aromatic nitrogens is 2. The second kappa shape index (κ2) is 6.09. The molecule has 1 aliphatic heterocycles. The second-order valence-corrected chi connectivity index (χ2v) is 7.30. The van der Waals surface area contributed by atoms with E-state index < -0.39 is 0 Å². The summed E-state index contributed by atoms with van der Waals surface area (Å²) in [6.07, 6.45) is 0.796. The number of rotatable bonds is 3. The second-order valence-electron chi connectivity index (χ2n) is 7.30. The Balaban J connectivity index is 1.89. The van der Waals surface area contributed by atoms with Crippen molar-refractivity contribution in [3.8, 4) is 0 Å². The Bertz CT molecular complexity index is 818. The van der Waals surface area contributed by atoms with Crippen LogP contribution in [0.2, 0.25) is 0 Å². The van der Waals surface area contributed by atoms with E-state index in [0.717, 1.165) is 17.5 Å². The fourth-order valence-corrected chi connectivity index (χ4v) is 3.55. The largest absolute Gasteiger partial charge is 0.340 e. The van der Waals surface area contributed by atoms with Crippen molar-refractivity contribution in [3.63, 3.8) is 0 Å². The Labute approximate surface area is 141 Å². The van der Waals surface area contributed by atoms with Gasteiger partial charge < -0.3 is 10.6 Å². The minimum absolute atomic E-state index is 0.0175. The van der Waals surface area contributed by atoms with Gasteiger partial charge in [-0.15, -0.1) is 0 Å². The van der Waals surface area contributed by atoms with E-state index in [9.17, 15) is 9.59 Å². The summed E-state index contributed by atoms with van der Waals surface area (Å²) in [5.41, 5.74) is 7.61. The zero-order valence-corrected chi connectivity index (χ0v) is 14.7. The van der Waals surface area contributed by atoms with Crippen LogP contribution in [0.4, 0.5) is 0 Å². The molecular weight excluding hydrogens is 304 g/mol. The number of aryl methyl sites for hydroxylation is 1. The maximum absolute atomic E-state index is 12.8. The lowest BCUT2D eigenvalue weighted by atomic mass is 9.79. The zero-order valence-electron chi connectivity index (χ0n) is 14.7. The number of hydrogen-bond donors (Lipinski definition) is 1. The molecule has 1 aromatic carbocycles. The summed E-state index contributed by atoms with van der Waals surface area (Å²) in [5, 5.41) is 0. The highest BCUT2D eigenvalue weighted by molar-refractivity contribution is 5.81. The lowest BCUT2D eigenvalue weighted by Crippen LogP contribution is -2.54. The molecule has 0 saturated carbocycles. The van der Waals surface area contributed by atoms with Crippen molar-refractivity contribution < 1.29 is 4.79 Å². The van der Waals surface area contributed by atoms with Crippen LogP contribution in [0.1, 0.15) is 27.2 Å². The molecule has 0 spiro atoms. The SMILES string of the molecule is CCn1c(=O)n(CC(=O)N2CCC(N)C(C)(C)C2)c2ccccc21. The monoisotopic (exact) mass is 330 g/mol. The number of imidazole rings is 1. The molecule has 1 aliphatic rings. The average molecular weight is 330 g/mol. The molecule has 1 amide bonds. The number of benzene rings is 1. The molecule has 6 heteroatoms. The molecule has 0 aliphatic carbocycles. The Morgan fingerprint density at radius 3 is 2.46 bits per heavy atom. The van der Waals surface area contributed by atoms with Gasteiger partial charge in [0.05, 0.1) is 11.0 Å². The predicted octanol–water partition coefficient (Wildman–Crippen LogP) is 1.41. The lowest BCUT2D eigenvalue weighted by molar-refractivity contribution is -0.135. The zero-order chi connectivity index (χ0) is 17.5. The van der Waals surface area contributed by atoms with Crippen molar-refractivity contribution in [1.29, 1.82) is 0 Å². The van der Waals surface area contributed by atoms with Crippen LogP contribution in [0.3, 0.4) is 0 Å². The van der Waals surface area contributed by atoms with Gasteiger partial charge in [-0.3, -0.25) is 13.9 Å². The molecular formula is C18H26N4O2. The van der Waals surface area contributed by atoms with Gasteiger partial charge in [0.25, 0.3) is 0 Å². The van der Waals surface area contributed by atoms with Crippen molar-refractivity contribution in [2.24, 2.45) is 11.1 Å². The maximum atomic E-state index is 12.8. The van der Waals surface area contributed by atoms with Gasteiger partial charge in [0.15, 0.2) is 0 Å². The minimum Gasteiger partial charge on any atom is -0.340 e. The first-order valence-electron chi connectivity index (χ1n) is 8.56. The van der Waals surface area contributed by atoms with Crippen LogP contribution in [0.25, 0.3) is 11.0 Å². The van der Waals surface area contributed by atoms with Gasteiger partial charge in [0.2, 0.25) is 5.91 Å². The van der Waals surface area contributed by atoms with Gasteiger partial charge in [-0.05, 0) is 30.9 Å². The van der Waals surface area contributed by atoms with Crippen LogP contribution in [0.15, 0.2) is 29.1 Å². The number of nitrogens with two attached hydrogens (primary N) is 1. The van der Waals surface area contributed by atoms with Crippen molar-refractivity contribution in [1.82, 2.24) is 14.0 Å². The third kappa shape index (κ3) is 2.75. The van der Waals surface area contributed by atoms with Crippen LogP contribution >= 0.6 is 0 Å². The molecule has 2 N–H and O–H groups in total. The number of carbonyl (C=O) groups excluding carboxylic acids is 1. The number of nitrogens with zero attached hydrogens (tertiary/aromatic N) is 3. The van der Waals surface area contributed by atoms with Gasteiger partial charge in [0, 0.05) is 25.7 Å². The average Bonchev–Trinajstić information content (AvgIpc) is 2.82. The first-order chi connectivity index (χ1) is 11.3. The van der Waals surface area contributed by atoms with E-state index in [1.54, 1.807) is 9.13 Å². The highest BCUT2D eigenvalue weighted by atomic mass is 16.2. The number of carbonyl (C=O) groups is 1. The van der Waals surface area contributed by atoms with E-state index in [2.05, 4.69) is 13.8 Å². The predicted molar refractivity (Wildman–Crippen MR) is 94.8 cm³/mol. The van der Waals surface area contributed by atoms with E-state index in [0.29, 0.717) is 19.6 Å². The van der Waals surface area contributed by atoms with Crippen LogP contribution in [0, 0.1) is 5.41 Å². The summed E-state index contributed by atoms with van der Waals surface area (Å²) in [4.78, 5) is 27.3. The van der Waals surface area contributed by atoms with Gasteiger partial charge in [-0.25, -0.2) is 4.79 Å². The number of para-hydroxylation sites is 2. The van der Waals surface area contributed by atoms with E-state index in [4.69, 9.17) is 5.73 Å². The third-order valence-corrected chi connectivity index (χ3v) is 5.20. The number of fused-ring (bicyclic) bond motifs is 1. The molecule has 3 rings (SSSR count). The quantitative estimate of drug-likeness (QED) is 0.925. The molecule has 1 unspecified atom stereocenters. The topological polar surface area (TPSA) is 73.3 Å². The van der Waals surface area contributed by atoms with E-state index in [-0.39, 0.29) is 29.6 Å². The van der Waals surface area contributed by atoms with Crippen molar-refractivity contribution >= 4 is 16.9 Å². The number of piperidine rings is 1. The Morgan fingerprint density at radius 1 is 1.25 bits per heavy atom. The summed E-state index contributed by atoms with van der Waals surface area (Å²) in [5.74, 6) is -0.0175. The van der Waals surface area contributed by atoms with E-state index >= 15 is 0 Å². The van der Waals surface area contributed by atoms with Gasteiger partial charge in [-0.1, -0.05) is 26.0 Å². The fraction of sp³-hybridized carbons (Fsp3) is 0.556. The highest BCUT2D eigenvalue weighted by Gasteiger charge is 2.35. The summed E-state index contributed by atoms with van der Waals surface area (Å²) < 4.78 is 3.29. The molecule has 1 fully saturated rings. The van der Waals surface area contributed by atoms with Crippen LogP contribution in [-0.2, 0) is 17.9 Å². The molecule has 130 valence electrons. The molecule has 1 saturated heterocycles. The number of likely N-dealkylation sites (tertiary alicyclic amines) is 1. The number of hydrogen-bond acceptors (Lipinski definition) is 3. The van der Waals surface area contributed by atoms with Crippen LogP contribution in [0.5, 0.6) is 0 Å². The van der Waals surface area contributed by atoms with Crippen molar-refractivity contribution in [3.05, 3.63) is 34.7 Å². The molecule has 2 heterocycles. The lowest BCUT2D eigenvalue weighted by Gasteiger charge is -2.42. The van der Waals surface area contributed by atoms with Gasteiger partial charge in [-0.2, -0.15) is 0 Å². The Kier molecular flexibility index (Phi) is 4.25. The molecule has 2 aromatic rings. The first kappa shape index (κ1) is 16.8. The summed E-state index contributed by atoms with van der Waals surface area (Å²) in [7, 11) is 0. The fourth-order valence-electron chi connectivity index (χ4n) is 3.55. The van der Waals surface area contributed by atoms with E-state index in [1.165, 1.54) is 0 Å². The highest BCUT2D eigenvalue weighted by Crippen LogP contribution is 2.27. The molecule has 0 bridgehead atoms. The van der Waals surface area contributed by atoms with Crippen LogP contribution < -0.4 is 11.4 Å². The standard InChI is InChI=1S/C18H26N4O2/c1-4-21-13-7-5-6-8-14(13)22(17(21)24)11-16(23)20-10-9-15(19)18(2,3)12-20/h5-8,15H,4,9-12,19H2,1-3H3. The van der Waals surface area contributed by atoms with Crippen molar-refractivity contribution in [2.75, 3.05) is 13.1 Å². The summed E-state index contributed by atoms with van der Waals surface area (Å²) in [6.45, 7) is 8.08. The molecule has 1 atom stereocenters. The van der Waals surface area contributed by atoms with E-state index in [1.807, 2.05) is 36.1 Å². The maximum Gasteiger partial charge on any atom is 0.329 e. The van der Waals surface area contributed by atoms with Crippen molar-refractivity contribution in [2.45, 2.75) is 46.3 Å². The third-order valence-electron chi connectivity index (χ3n) is 5.20. The molecule has 0 radical (unpaired) electrons. The molecule has 6 nitrogen and oxygen atoms in total.